The largest absolute Gasteiger partial charge is 0.362 e. The van der Waals surface area contributed by atoms with Crippen molar-refractivity contribution in [2.75, 3.05) is 28.4 Å². The van der Waals surface area contributed by atoms with Gasteiger partial charge < -0.3 is 24.1 Å². The van der Waals surface area contributed by atoms with Crippen LogP contribution in [-0.2, 0) is 38.4 Å². The Labute approximate surface area is 84.7 Å². The van der Waals surface area contributed by atoms with Crippen LogP contribution in [-0.4, -0.2) is 45.8 Å². The van der Waals surface area contributed by atoms with Gasteiger partial charge in [0, 0.05) is 47.9 Å². The number of hydrogen-bond donors (Lipinski definition) is 1. The summed E-state index contributed by atoms with van der Waals surface area (Å²) in [5, 5.41) is 9.17. The van der Waals surface area contributed by atoms with Gasteiger partial charge in [-0.1, -0.05) is 0 Å². The fourth-order valence-corrected chi connectivity index (χ4v) is 0.697. The summed E-state index contributed by atoms with van der Waals surface area (Å²) in [6.45, 7) is 0. The molecule has 0 bridgehead atoms. The van der Waals surface area contributed by atoms with Crippen molar-refractivity contribution in [2.45, 2.75) is 12.3 Å². The van der Waals surface area contributed by atoms with Crippen LogP contribution in [0.1, 0.15) is 0 Å². The molecule has 0 aromatic carbocycles. The minimum atomic E-state index is -1.53. The molecule has 0 heterocycles. The van der Waals surface area contributed by atoms with Crippen LogP contribution in [0.3, 0.4) is 0 Å². The van der Waals surface area contributed by atoms with Crippen LogP contribution in [0.4, 0.5) is 0 Å². The SMILES string of the molecule is COC(O)C(OC)(OC)OC.[Zn]. The van der Waals surface area contributed by atoms with Gasteiger partial charge in [-0.25, -0.2) is 0 Å². The molecule has 12 heavy (non-hydrogen) atoms. The van der Waals surface area contributed by atoms with Crippen LogP contribution in [0.15, 0.2) is 0 Å². The molecule has 0 aromatic heterocycles. The molecule has 0 saturated heterocycles. The summed E-state index contributed by atoms with van der Waals surface area (Å²) in [5.74, 6) is -1.53. The number of aliphatic hydroxyl groups is 1. The molecule has 0 aromatic rings. The summed E-state index contributed by atoms with van der Waals surface area (Å²) in [6, 6.07) is 0. The van der Waals surface area contributed by atoms with E-state index in [1.165, 1.54) is 28.4 Å². The smallest absolute Gasteiger partial charge is 0.336 e. The quantitative estimate of drug-likeness (QED) is 0.513. The first-order valence-corrected chi connectivity index (χ1v) is 3.03. The topological polar surface area (TPSA) is 57.2 Å². The predicted octanol–water partition coefficient (Wildman–Crippen LogP) is -0.458. The fraction of sp³-hybridized carbons (Fsp3) is 1.00. The van der Waals surface area contributed by atoms with Crippen LogP contribution in [0.2, 0.25) is 0 Å². The van der Waals surface area contributed by atoms with Crippen LogP contribution >= 0.6 is 0 Å². The molecular formula is C6H14O5Zn. The second-order valence-corrected chi connectivity index (χ2v) is 1.80. The Balaban J connectivity index is 0. The predicted molar refractivity (Wildman–Crippen MR) is 36.8 cm³/mol. The van der Waals surface area contributed by atoms with Gasteiger partial charge in [0.25, 0.3) is 0 Å². The summed E-state index contributed by atoms with van der Waals surface area (Å²) in [5.41, 5.74) is 0. The Morgan fingerprint density at radius 3 is 1.42 bits per heavy atom. The molecule has 0 amide bonds. The molecule has 1 atom stereocenters. The molecule has 0 radical (unpaired) electrons. The van der Waals surface area contributed by atoms with Crippen molar-refractivity contribution < 1.29 is 43.5 Å². The van der Waals surface area contributed by atoms with Gasteiger partial charge in [-0.05, 0) is 0 Å². The average Bonchev–Trinajstić information content (AvgIpc) is 2.08. The summed E-state index contributed by atoms with van der Waals surface area (Å²) in [4.78, 5) is 0. The fourth-order valence-electron chi connectivity index (χ4n) is 0.697. The van der Waals surface area contributed by atoms with Gasteiger partial charge >= 0.3 is 5.97 Å². The van der Waals surface area contributed by atoms with Gasteiger partial charge in [0.05, 0.1) is 0 Å². The number of methoxy groups -OCH3 is 4. The van der Waals surface area contributed by atoms with E-state index in [-0.39, 0.29) is 19.5 Å². The van der Waals surface area contributed by atoms with Crippen molar-refractivity contribution in [1.82, 2.24) is 0 Å². The van der Waals surface area contributed by atoms with Gasteiger partial charge in [-0.15, -0.1) is 0 Å². The summed E-state index contributed by atoms with van der Waals surface area (Å²) >= 11 is 0. The monoisotopic (exact) mass is 230 g/mol. The van der Waals surface area contributed by atoms with Crippen LogP contribution in [0, 0.1) is 0 Å². The van der Waals surface area contributed by atoms with E-state index < -0.39 is 12.3 Å². The maximum absolute atomic E-state index is 9.17. The molecule has 0 aliphatic carbocycles. The van der Waals surface area contributed by atoms with E-state index in [0.717, 1.165) is 0 Å². The first-order valence-electron chi connectivity index (χ1n) is 3.03. The minimum absolute atomic E-state index is 0. The molecule has 5 nitrogen and oxygen atoms in total. The van der Waals surface area contributed by atoms with Crippen molar-refractivity contribution in [1.29, 1.82) is 0 Å². The average molecular weight is 232 g/mol. The number of hydrogen-bond acceptors (Lipinski definition) is 5. The zero-order valence-corrected chi connectivity index (χ0v) is 10.8. The summed E-state index contributed by atoms with van der Waals surface area (Å²) < 4.78 is 18.9. The maximum Gasteiger partial charge on any atom is 0.336 e. The molecule has 1 unspecified atom stereocenters. The number of aliphatic hydroxyl groups excluding tert-OH is 1. The van der Waals surface area contributed by atoms with E-state index in [2.05, 4.69) is 4.74 Å². The minimum Gasteiger partial charge on any atom is -0.362 e. The number of ether oxygens (including phenoxy) is 4. The van der Waals surface area contributed by atoms with E-state index in [1.54, 1.807) is 0 Å². The van der Waals surface area contributed by atoms with Crippen molar-refractivity contribution in [3.63, 3.8) is 0 Å². The summed E-state index contributed by atoms with van der Waals surface area (Å²) in [6.07, 6.45) is -1.28. The zero-order chi connectivity index (χ0) is 8.91. The Morgan fingerprint density at radius 1 is 1.00 bits per heavy atom. The third-order valence-electron chi connectivity index (χ3n) is 1.38. The van der Waals surface area contributed by atoms with Crippen LogP contribution in [0.5, 0.6) is 0 Å². The molecule has 1 N–H and O–H groups in total. The van der Waals surface area contributed by atoms with Gasteiger partial charge in [0.1, 0.15) is 0 Å². The van der Waals surface area contributed by atoms with E-state index in [0.29, 0.717) is 0 Å². The molecule has 0 spiro atoms. The van der Waals surface area contributed by atoms with Crippen molar-refractivity contribution >= 4 is 0 Å². The Hall–Kier alpha value is 0.423. The van der Waals surface area contributed by atoms with Crippen LogP contribution in [0.25, 0.3) is 0 Å². The van der Waals surface area contributed by atoms with Gasteiger partial charge in [0.2, 0.25) is 6.29 Å². The zero-order valence-electron chi connectivity index (χ0n) is 7.86. The first-order chi connectivity index (χ1) is 5.16. The van der Waals surface area contributed by atoms with Crippen molar-refractivity contribution in [2.24, 2.45) is 0 Å². The second-order valence-electron chi connectivity index (χ2n) is 1.80. The van der Waals surface area contributed by atoms with Gasteiger partial charge in [0.15, 0.2) is 0 Å². The van der Waals surface area contributed by atoms with Crippen LogP contribution < -0.4 is 0 Å². The third kappa shape index (κ3) is 3.05. The van der Waals surface area contributed by atoms with E-state index in [1.807, 2.05) is 0 Å². The Morgan fingerprint density at radius 2 is 1.33 bits per heavy atom. The summed E-state index contributed by atoms with van der Waals surface area (Å²) in [7, 11) is 5.34. The maximum atomic E-state index is 9.17. The molecule has 0 rings (SSSR count). The van der Waals surface area contributed by atoms with Gasteiger partial charge in [-0.3, -0.25) is 0 Å². The van der Waals surface area contributed by atoms with Crippen molar-refractivity contribution in [3.8, 4) is 0 Å². The molecular weight excluding hydrogens is 217 g/mol. The molecule has 6 heteroatoms. The van der Waals surface area contributed by atoms with Gasteiger partial charge in [-0.2, -0.15) is 0 Å². The first kappa shape index (κ1) is 14.9. The Kier molecular flexibility index (Phi) is 8.56. The molecule has 70 valence electrons. The normalized spacial score (nSPS) is 13.8. The molecule has 0 fully saturated rings. The third-order valence-corrected chi connectivity index (χ3v) is 1.38. The second kappa shape index (κ2) is 6.89. The molecule has 0 aliphatic heterocycles. The molecule has 0 saturated carbocycles. The number of rotatable bonds is 5. The van der Waals surface area contributed by atoms with E-state index >= 15 is 0 Å². The Bertz CT molecular complexity index is 97.8. The van der Waals surface area contributed by atoms with E-state index in [4.69, 9.17) is 14.2 Å². The van der Waals surface area contributed by atoms with Crippen molar-refractivity contribution in [3.05, 3.63) is 0 Å². The standard InChI is InChI=1S/C6H14O5.Zn/c1-8-5(7)6(9-2,10-3)11-4;/h5,7H,1-4H3;. The van der Waals surface area contributed by atoms with E-state index in [9.17, 15) is 5.11 Å². The molecule has 0 aliphatic rings.